The van der Waals surface area contributed by atoms with Crippen molar-refractivity contribution >= 4 is 5.91 Å². The van der Waals surface area contributed by atoms with Crippen LogP contribution in [-0.2, 0) is 4.79 Å². The molecule has 0 aromatic heterocycles. The number of nitrogens with zero attached hydrogens (tertiary/aromatic N) is 1. The van der Waals surface area contributed by atoms with Crippen molar-refractivity contribution in [3.8, 4) is 0 Å². The highest BCUT2D eigenvalue weighted by Crippen LogP contribution is 2.43. The first kappa shape index (κ1) is 13.3. The van der Waals surface area contributed by atoms with Crippen LogP contribution in [0.3, 0.4) is 0 Å². The molecular formula is C10H17F3N2O. The Bertz CT molecular complexity index is 256. The predicted octanol–water partition coefficient (Wildman–Crippen LogP) is 1.53. The number of carbonyl (C=O) groups is 1. The summed E-state index contributed by atoms with van der Waals surface area (Å²) in [7, 11) is 1.18. The van der Waals surface area contributed by atoms with Crippen LogP contribution in [0.2, 0.25) is 0 Å². The van der Waals surface area contributed by atoms with Gasteiger partial charge in [0.1, 0.15) is 6.54 Å². The normalized spacial score (nSPS) is 19.1. The molecule has 0 bridgehead atoms. The number of carbonyl (C=O) groups excluding carboxylic acids is 1. The molecule has 1 amide bonds. The standard InChI is InChI=1S/C10H17F3N2O/c1-15(7-10(11,12)13)8(16)5-9(6-14)3-2-4-9/h2-7,14H2,1H3. The lowest BCUT2D eigenvalue weighted by molar-refractivity contribution is -0.160. The van der Waals surface area contributed by atoms with Crippen LogP contribution in [0.5, 0.6) is 0 Å². The molecule has 0 radical (unpaired) electrons. The van der Waals surface area contributed by atoms with Crippen LogP contribution in [0, 0.1) is 5.41 Å². The summed E-state index contributed by atoms with van der Waals surface area (Å²) < 4.78 is 36.2. The van der Waals surface area contributed by atoms with E-state index in [1.807, 2.05) is 0 Å². The highest BCUT2D eigenvalue weighted by atomic mass is 19.4. The van der Waals surface area contributed by atoms with Crippen molar-refractivity contribution in [3.63, 3.8) is 0 Å². The quantitative estimate of drug-likeness (QED) is 0.807. The average molecular weight is 238 g/mol. The summed E-state index contributed by atoms with van der Waals surface area (Å²) in [4.78, 5) is 12.3. The second-order valence-corrected chi connectivity index (χ2v) is 4.60. The minimum atomic E-state index is -4.33. The first-order valence-corrected chi connectivity index (χ1v) is 5.29. The molecule has 1 rings (SSSR count). The van der Waals surface area contributed by atoms with E-state index in [2.05, 4.69) is 0 Å². The maximum Gasteiger partial charge on any atom is 0.406 e. The molecule has 1 fully saturated rings. The van der Waals surface area contributed by atoms with Crippen LogP contribution in [-0.4, -0.2) is 37.1 Å². The van der Waals surface area contributed by atoms with Crippen molar-refractivity contribution in [1.82, 2.24) is 4.90 Å². The van der Waals surface area contributed by atoms with Crippen LogP contribution in [0.25, 0.3) is 0 Å². The molecule has 3 nitrogen and oxygen atoms in total. The number of hydrogen-bond acceptors (Lipinski definition) is 2. The minimum Gasteiger partial charge on any atom is -0.337 e. The third kappa shape index (κ3) is 3.37. The van der Waals surface area contributed by atoms with Gasteiger partial charge >= 0.3 is 6.18 Å². The van der Waals surface area contributed by atoms with E-state index in [9.17, 15) is 18.0 Å². The van der Waals surface area contributed by atoms with E-state index in [1.165, 1.54) is 7.05 Å². The summed E-state index contributed by atoms with van der Waals surface area (Å²) in [5, 5.41) is 0. The second kappa shape index (κ2) is 4.61. The van der Waals surface area contributed by atoms with Gasteiger partial charge in [0.15, 0.2) is 0 Å². The van der Waals surface area contributed by atoms with Crippen LogP contribution in [0.4, 0.5) is 13.2 Å². The molecule has 0 atom stereocenters. The molecule has 0 unspecified atom stereocenters. The van der Waals surface area contributed by atoms with E-state index in [-0.39, 0.29) is 11.8 Å². The van der Waals surface area contributed by atoms with Gasteiger partial charge in [-0.05, 0) is 24.8 Å². The summed E-state index contributed by atoms with van der Waals surface area (Å²) in [6.45, 7) is -0.814. The van der Waals surface area contributed by atoms with Gasteiger partial charge in [-0.2, -0.15) is 13.2 Å². The lowest BCUT2D eigenvalue weighted by atomic mass is 9.66. The van der Waals surface area contributed by atoms with Crippen LogP contribution >= 0.6 is 0 Å². The Balaban J connectivity index is 2.45. The average Bonchev–Trinajstić information content (AvgIpc) is 2.08. The van der Waals surface area contributed by atoms with E-state index < -0.39 is 18.6 Å². The van der Waals surface area contributed by atoms with Gasteiger partial charge in [-0.1, -0.05) is 6.42 Å². The summed E-state index contributed by atoms with van der Waals surface area (Å²) in [6.07, 6.45) is -1.51. The first-order chi connectivity index (χ1) is 7.28. The summed E-state index contributed by atoms with van der Waals surface area (Å²) >= 11 is 0. The molecule has 1 aliphatic rings. The molecule has 2 N–H and O–H groups in total. The van der Waals surface area contributed by atoms with Gasteiger partial charge in [0.25, 0.3) is 0 Å². The summed E-state index contributed by atoms with van der Waals surface area (Å²) in [5.41, 5.74) is 5.31. The first-order valence-electron chi connectivity index (χ1n) is 5.29. The summed E-state index contributed by atoms with van der Waals surface area (Å²) in [5.74, 6) is -0.470. The molecule has 1 aliphatic carbocycles. The van der Waals surface area contributed by atoms with E-state index in [0.29, 0.717) is 6.54 Å². The fourth-order valence-electron chi connectivity index (χ4n) is 1.94. The third-order valence-corrected chi connectivity index (χ3v) is 3.22. The lowest BCUT2D eigenvalue weighted by Gasteiger charge is -2.41. The maximum absolute atomic E-state index is 12.1. The van der Waals surface area contributed by atoms with Gasteiger partial charge in [0.2, 0.25) is 5.91 Å². The van der Waals surface area contributed by atoms with Gasteiger partial charge in [-0.15, -0.1) is 0 Å². The van der Waals surface area contributed by atoms with E-state index in [4.69, 9.17) is 5.73 Å². The van der Waals surface area contributed by atoms with Crippen molar-refractivity contribution in [2.45, 2.75) is 31.9 Å². The highest BCUT2D eigenvalue weighted by molar-refractivity contribution is 5.76. The number of alkyl halides is 3. The largest absolute Gasteiger partial charge is 0.406 e. The zero-order valence-electron chi connectivity index (χ0n) is 9.31. The van der Waals surface area contributed by atoms with Crippen molar-refractivity contribution in [1.29, 1.82) is 0 Å². The number of hydrogen-bond donors (Lipinski definition) is 1. The highest BCUT2D eigenvalue weighted by Gasteiger charge is 2.39. The molecule has 6 heteroatoms. The number of halogens is 3. The zero-order chi connectivity index (χ0) is 12.4. The molecule has 1 saturated carbocycles. The zero-order valence-corrected chi connectivity index (χ0v) is 9.31. The number of rotatable bonds is 4. The van der Waals surface area contributed by atoms with Crippen molar-refractivity contribution in [2.75, 3.05) is 20.1 Å². The molecular weight excluding hydrogens is 221 g/mol. The van der Waals surface area contributed by atoms with Crippen molar-refractivity contribution in [3.05, 3.63) is 0 Å². The summed E-state index contributed by atoms with van der Waals surface area (Å²) in [6, 6.07) is 0. The Hall–Kier alpha value is -0.780. The van der Waals surface area contributed by atoms with Gasteiger partial charge in [0, 0.05) is 13.5 Å². The van der Waals surface area contributed by atoms with Gasteiger partial charge < -0.3 is 10.6 Å². The Labute approximate surface area is 92.8 Å². The monoisotopic (exact) mass is 238 g/mol. The third-order valence-electron chi connectivity index (χ3n) is 3.22. The lowest BCUT2D eigenvalue weighted by Crippen LogP contribution is -2.44. The molecule has 94 valence electrons. The molecule has 0 aliphatic heterocycles. The Morgan fingerprint density at radius 2 is 2.00 bits per heavy atom. The molecule has 0 spiro atoms. The van der Waals surface area contributed by atoms with Gasteiger partial charge in [-0.25, -0.2) is 0 Å². The fraction of sp³-hybridized carbons (Fsp3) is 0.900. The van der Waals surface area contributed by atoms with E-state index in [1.54, 1.807) is 0 Å². The number of amides is 1. The van der Waals surface area contributed by atoms with Crippen LogP contribution < -0.4 is 5.73 Å². The SMILES string of the molecule is CN(CC(F)(F)F)C(=O)CC1(CN)CCC1. The molecule has 16 heavy (non-hydrogen) atoms. The smallest absolute Gasteiger partial charge is 0.337 e. The second-order valence-electron chi connectivity index (χ2n) is 4.60. The topological polar surface area (TPSA) is 46.3 Å². The molecule has 0 heterocycles. The molecule has 0 aromatic rings. The Morgan fingerprint density at radius 3 is 2.31 bits per heavy atom. The van der Waals surface area contributed by atoms with Crippen LogP contribution in [0.1, 0.15) is 25.7 Å². The Morgan fingerprint density at radius 1 is 1.44 bits per heavy atom. The number of nitrogens with two attached hydrogens (primary N) is 1. The van der Waals surface area contributed by atoms with Gasteiger partial charge in [-0.3, -0.25) is 4.79 Å². The predicted molar refractivity (Wildman–Crippen MR) is 53.6 cm³/mol. The fourth-order valence-corrected chi connectivity index (χ4v) is 1.94. The molecule has 0 aromatic carbocycles. The maximum atomic E-state index is 12.1. The molecule has 0 saturated heterocycles. The van der Waals surface area contributed by atoms with E-state index >= 15 is 0 Å². The van der Waals surface area contributed by atoms with Crippen molar-refractivity contribution in [2.24, 2.45) is 11.1 Å². The van der Waals surface area contributed by atoms with E-state index in [0.717, 1.165) is 24.2 Å². The van der Waals surface area contributed by atoms with Crippen LogP contribution in [0.15, 0.2) is 0 Å². The minimum absolute atomic E-state index is 0.135. The van der Waals surface area contributed by atoms with Gasteiger partial charge in [0.05, 0.1) is 0 Å². The van der Waals surface area contributed by atoms with Crippen molar-refractivity contribution < 1.29 is 18.0 Å². The Kier molecular flexibility index (Phi) is 3.83.